The number of methoxy groups -OCH3 is 2. The fourth-order valence-electron chi connectivity index (χ4n) is 1.68. The van der Waals surface area contributed by atoms with Gasteiger partial charge in [-0.15, -0.1) is 0 Å². The smallest absolute Gasteiger partial charge is 0.258 e. The van der Waals surface area contributed by atoms with Gasteiger partial charge in [-0.25, -0.2) is 13.6 Å². The summed E-state index contributed by atoms with van der Waals surface area (Å²) in [5.74, 6) is -0.394. The second kappa shape index (κ2) is 6.58. The van der Waals surface area contributed by atoms with E-state index in [1.807, 2.05) is 6.92 Å². The van der Waals surface area contributed by atoms with Gasteiger partial charge in [0.2, 0.25) is 10.0 Å². The van der Waals surface area contributed by atoms with Crippen LogP contribution in [0.25, 0.3) is 0 Å². The van der Waals surface area contributed by atoms with Crippen molar-refractivity contribution in [3.05, 3.63) is 17.7 Å². The molecule has 0 aliphatic carbocycles. The van der Waals surface area contributed by atoms with Crippen LogP contribution in [0, 0.1) is 0 Å². The first-order valence-corrected chi connectivity index (χ1v) is 7.47. The number of hydrogen-bond donors (Lipinski definition) is 2. The maximum atomic E-state index is 12.1. The van der Waals surface area contributed by atoms with Gasteiger partial charge in [0.15, 0.2) is 5.75 Å². The third-order valence-corrected chi connectivity index (χ3v) is 3.51. The van der Waals surface area contributed by atoms with Gasteiger partial charge in [0, 0.05) is 6.54 Å². The van der Waals surface area contributed by atoms with Crippen molar-refractivity contribution < 1.29 is 22.7 Å². The molecule has 0 fully saturated rings. The zero-order valence-electron chi connectivity index (χ0n) is 11.6. The number of hydrogen-bond acceptors (Lipinski definition) is 5. The largest absolute Gasteiger partial charge is 0.496 e. The fraction of sp³-hybridized carbons (Fsp3) is 0.417. The average Bonchev–Trinajstić information content (AvgIpc) is 2.41. The topological polar surface area (TPSA) is 108 Å². The second-order valence-electron chi connectivity index (χ2n) is 3.98. The van der Waals surface area contributed by atoms with E-state index in [1.54, 1.807) is 0 Å². The van der Waals surface area contributed by atoms with Crippen molar-refractivity contribution in [2.24, 2.45) is 5.14 Å². The molecule has 0 saturated carbocycles. The standard InChI is InChI=1S/C12H18N2O5S/c1-4-7-14-12(15)10-8(18-2)5-6-9(11(10)19-3)20(13,16)17/h5-6H,4,7H2,1-3H3,(H,14,15)(H2,13,16,17). The fourth-order valence-corrected chi connectivity index (χ4v) is 2.39. The molecule has 0 aromatic heterocycles. The molecule has 1 rings (SSSR count). The lowest BCUT2D eigenvalue weighted by Crippen LogP contribution is -2.26. The molecule has 1 aromatic carbocycles. The first-order chi connectivity index (χ1) is 9.36. The van der Waals surface area contributed by atoms with Gasteiger partial charge in [-0.05, 0) is 18.6 Å². The van der Waals surface area contributed by atoms with Crippen molar-refractivity contribution >= 4 is 15.9 Å². The van der Waals surface area contributed by atoms with E-state index in [9.17, 15) is 13.2 Å². The van der Waals surface area contributed by atoms with Crippen LogP contribution >= 0.6 is 0 Å². The summed E-state index contributed by atoms with van der Waals surface area (Å²) in [5, 5.41) is 7.76. The number of carbonyl (C=O) groups excluding carboxylic acids is 1. The third kappa shape index (κ3) is 3.40. The van der Waals surface area contributed by atoms with Gasteiger partial charge in [0.1, 0.15) is 16.2 Å². The van der Waals surface area contributed by atoms with Crippen molar-refractivity contribution in [3.8, 4) is 11.5 Å². The highest BCUT2D eigenvalue weighted by Crippen LogP contribution is 2.34. The van der Waals surface area contributed by atoms with E-state index in [1.165, 1.54) is 26.4 Å². The summed E-state index contributed by atoms with van der Waals surface area (Å²) in [7, 11) is -1.37. The Bertz CT molecular complexity index is 598. The molecule has 0 bridgehead atoms. The van der Waals surface area contributed by atoms with Gasteiger partial charge < -0.3 is 14.8 Å². The molecule has 112 valence electrons. The highest BCUT2D eigenvalue weighted by atomic mass is 32.2. The monoisotopic (exact) mass is 302 g/mol. The van der Waals surface area contributed by atoms with Gasteiger partial charge >= 0.3 is 0 Å². The van der Waals surface area contributed by atoms with Gasteiger partial charge in [0.25, 0.3) is 5.91 Å². The SMILES string of the molecule is CCCNC(=O)c1c(OC)ccc(S(N)(=O)=O)c1OC. The van der Waals surface area contributed by atoms with Gasteiger partial charge in [0.05, 0.1) is 14.2 Å². The molecule has 0 unspecified atom stereocenters. The van der Waals surface area contributed by atoms with Crippen molar-refractivity contribution in [1.29, 1.82) is 0 Å². The molecule has 0 aliphatic rings. The lowest BCUT2D eigenvalue weighted by atomic mass is 10.1. The minimum Gasteiger partial charge on any atom is -0.496 e. The Labute approximate surface area is 118 Å². The Morgan fingerprint density at radius 1 is 1.30 bits per heavy atom. The molecule has 1 aromatic rings. The van der Waals surface area contributed by atoms with E-state index < -0.39 is 15.9 Å². The predicted molar refractivity (Wildman–Crippen MR) is 73.5 cm³/mol. The number of rotatable bonds is 6. The summed E-state index contributed by atoms with van der Waals surface area (Å²) in [6.07, 6.45) is 0.741. The zero-order chi connectivity index (χ0) is 15.3. The first kappa shape index (κ1) is 16.3. The summed E-state index contributed by atoms with van der Waals surface area (Å²) in [6, 6.07) is 2.60. The highest BCUT2D eigenvalue weighted by Gasteiger charge is 2.25. The van der Waals surface area contributed by atoms with Crippen LogP contribution in [-0.4, -0.2) is 35.1 Å². The summed E-state index contributed by atoms with van der Waals surface area (Å²) >= 11 is 0. The Morgan fingerprint density at radius 2 is 1.95 bits per heavy atom. The normalized spacial score (nSPS) is 11.0. The van der Waals surface area contributed by atoms with Crippen LogP contribution in [0.2, 0.25) is 0 Å². The molecule has 7 nitrogen and oxygen atoms in total. The summed E-state index contributed by atoms with van der Waals surface area (Å²) in [6.45, 7) is 2.35. The molecule has 0 heterocycles. The number of amides is 1. The maximum Gasteiger partial charge on any atom is 0.258 e. The Kier molecular flexibility index (Phi) is 5.34. The van der Waals surface area contributed by atoms with E-state index in [0.717, 1.165) is 6.42 Å². The van der Waals surface area contributed by atoms with E-state index in [4.69, 9.17) is 14.6 Å². The van der Waals surface area contributed by atoms with Crippen LogP contribution < -0.4 is 19.9 Å². The Balaban J connectivity index is 3.48. The Hall–Kier alpha value is -1.80. The minimum absolute atomic E-state index is 0.00924. The highest BCUT2D eigenvalue weighted by molar-refractivity contribution is 7.89. The van der Waals surface area contributed by atoms with Crippen molar-refractivity contribution in [1.82, 2.24) is 5.32 Å². The molecule has 8 heteroatoms. The van der Waals surface area contributed by atoms with Crippen LogP contribution in [0.3, 0.4) is 0 Å². The molecule has 3 N–H and O–H groups in total. The van der Waals surface area contributed by atoms with Crippen molar-refractivity contribution in [3.63, 3.8) is 0 Å². The molecule has 0 atom stereocenters. The quantitative estimate of drug-likeness (QED) is 0.795. The van der Waals surface area contributed by atoms with Crippen LogP contribution in [-0.2, 0) is 10.0 Å². The van der Waals surface area contributed by atoms with Gasteiger partial charge in [-0.3, -0.25) is 4.79 Å². The molecule has 0 aliphatic heterocycles. The van der Waals surface area contributed by atoms with Gasteiger partial charge in [-0.2, -0.15) is 0 Å². The van der Waals surface area contributed by atoms with E-state index >= 15 is 0 Å². The second-order valence-corrected chi connectivity index (χ2v) is 5.50. The lowest BCUT2D eigenvalue weighted by Gasteiger charge is -2.15. The number of sulfonamides is 1. The van der Waals surface area contributed by atoms with Crippen LogP contribution in [0.1, 0.15) is 23.7 Å². The Morgan fingerprint density at radius 3 is 2.40 bits per heavy atom. The molecule has 0 saturated heterocycles. The molecule has 0 radical (unpaired) electrons. The van der Waals surface area contributed by atoms with Crippen LogP contribution in [0.5, 0.6) is 11.5 Å². The van der Waals surface area contributed by atoms with E-state index in [0.29, 0.717) is 6.54 Å². The number of ether oxygens (including phenoxy) is 2. The van der Waals surface area contributed by atoms with Crippen LogP contribution in [0.4, 0.5) is 0 Å². The predicted octanol–water partition coefficient (Wildman–Crippen LogP) is 0.491. The molecule has 1 amide bonds. The van der Waals surface area contributed by atoms with E-state index in [2.05, 4.69) is 5.32 Å². The third-order valence-electron chi connectivity index (χ3n) is 2.58. The summed E-state index contributed by atoms with van der Waals surface area (Å²) < 4.78 is 33.2. The molecule has 20 heavy (non-hydrogen) atoms. The number of nitrogens with one attached hydrogen (secondary N) is 1. The summed E-state index contributed by atoms with van der Waals surface area (Å²) in [5.41, 5.74) is 0.00924. The number of benzene rings is 1. The first-order valence-electron chi connectivity index (χ1n) is 5.92. The molecule has 0 spiro atoms. The maximum absolute atomic E-state index is 12.1. The van der Waals surface area contributed by atoms with Crippen molar-refractivity contribution in [2.75, 3.05) is 20.8 Å². The zero-order valence-corrected chi connectivity index (χ0v) is 12.4. The lowest BCUT2D eigenvalue weighted by molar-refractivity contribution is 0.0947. The summed E-state index contributed by atoms with van der Waals surface area (Å²) in [4.78, 5) is 11.9. The number of nitrogens with two attached hydrogens (primary N) is 1. The average molecular weight is 302 g/mol. The molecular formula is C12H18N2O5S. The van der Waals surface area contributed by atoms with Crippen LogP contribution in [0.15, 0.2) is 17.0 Å². The van der Waals surface area contributed by atoms with E-state index in [-0.39, 0.29) is 22.0 Å². The minimum atomic E-state index is -4.01. The number of primary sulfonamides is 1. The van der Waals surface area contributed by atoms with Gasteiger partial charge in [-0.1, -0.05) is 6.92 Å². The number of carbonyl (C=O) groups is 1. The van der Waals surface area contributed by atoms with Crippen molar-refractivity contribution in [2.45, 2.75) is 18.2 Å². The molecular weight excluding hydrogens is 284 g/mol.